The third-order valence-corrected chi connectivity index (χ3v) is 2.51. The molecule has 1 aromatic heterocycles. The van der Waals surface area contributed by atoms with Crippen molar-refractivity contribution in [2.45, 2.75) is 13.5 Å². The molecule has 0 aliphatic rings. The molecule has 21 heavy (non-hydrogen) atoms. The van der Waals surface area contributed by atoms with Crippen LogP contribution in [0.1, 0.15) is 6.92 Å². The van der Waals surface area contributed by atoms with Gasteiger partial charge in [-0.2, -0.15) is 0 Å². The average Bonchev–Trinajstić information content (AvgIpc) is 2.42. The number of carbonyl (C=O) groups excluding carboxylic acids is 2. The lowest BCUT2D eigenvalue weighted by molar-refractivity contribution is -0.148. The first kappa shape index (κ1) is 16.4. The highest BCUT2D eigenvalue weighted by atomic mass is 16.5. The summed E-state index contributed by atoms with van der Waals surface area (Å²) < 4.78 is 5.65. The van der Waals surface area contributed by atoms with Gasteiger partial charge < -0.3 is 9.64 Å². The summed E-state index contributed by atoms with van der Waals surface area (Å²) in [5.74, 6) is -1.06. The van der Waals surface area contributed by atoms with Gasteiger partial charge in [-0.25, -0.2) is 4.68 Å². The van der Waals surface area contributed by atoms with E-state index < -0.39 is 23.0 Å². The normalized spacial score (nSPS) is 9.95. The van der Waals surface area contributed by atoms with Crippen molar-refractivity contribution in [1.29, 1.82) is 0 Å². The van der Waals surface area contributed by atoms with Crippen molar-refractivity contribution in [3.05, 3.63) is 45.5 Å². The van der Waals surface area contributed by atoms with Gasteiger partial charge in [0.1, 0.15) is 13.1 Å². The fourth-order valence-corrected chi connectivity index (χ4v) is 1.59. The van der Waals surface area contributed by atoms with Gasteiger partial charge in [0.25, 0.3) is 11.1 Å². The molecule has 0 aromatic carbocycles. The Morgan fingerprint density at radius 3 is 2.76 bits per heavy atom. The van der Waals surface area contributed by atoms with Crippen LogP contribution in [0.5, 0.6) is 0 Å². The summed E-state index contributed by atoms with van der Waals surface area (Å²) in [5, 5.41) is 2.24. The summed E-state index contributed by atoms with van der Waals surface area (Å²) in [5.41, 5.74) is -1.01. The largest absolute Gasteiger partial charge is 0.465 e. The van der Waals surface area contributed by atoms with Crippen molar-refractivity contribution < 1.29 is 14.3 Å². The predicted octanol–water partition coefficient (Wildman–Crippen LogP) is -0.886. The topological polar surface area (TPSA) is 101 Å². The van der Waals surface area contributed by atoms with E-state index in [2.05, 4.69) is 11.7 Å². The standard InChI is InChI=1S/C13H17N3O5/c1-3-7-15(9-13(20)21-4-2)12(19)8-16-11(18)6-5-10(17)14-16/h3,5-6H,1,4,7-9H2,2H3,(H,14,17). The predicted molar refractivity (Wildman–Crippen MR) is 74.7 cm³/mol. The zero-order valence-corrected chi connectivity index (χ0v) is 11.7. The minimum Gasteiger partial charge on any atom is -0.465 e. The number of carbonyl (C=O) groups is 2. The van der Waals surface area contributed by atoms with Crippen LogP contribution in [-0.4, -0.2) is 46.3 Å². The number of nitrogens with one attached hydrogen (secondary N) is 1. The maximum absolute atomic E-state index is 12.1. The molecular weight excluding hydrogens is 278 g/mol. The Hall–Kier alpha value is -2.64. The molecule has 1 N–H and O–H groups in total. The molecule has 114 valence electrons. The highest BCUT2D eigenvalue weighted by Crippen LogP contribution is 1.94. The minimum atomic E-state index is -0.554. The second-order valence-electron chi connectivity index (χ2n) is 4.10. The highest BCUT2D eigenvalue weighted by Gasteiger charge is 2.17. The number of hydrogen-bond donors (Lipinski definition) is 1. The summed E-state index contributed by atoms with van der Waals surface area (Å²) >= 11 is 0. The first-order chi connectivity index (χ1) is 9.97. The van der Waals surface area contributed by atoms with Gasteiger partial charge in [0.2, 0.25) is 5.91 Å². The summed E-state index contributed by atoms with van der Waals surface area (Å²) in [6.07, 6.45) is 1.45. The van der Waals surface area contributed by atoms with Gasteiger partial charge in [-0.3, -0.25) is 24.3 Å². The molecule has 0 radical (unpaired) electrons. The van der Waals surface area contributed by atoms with Crippen LogP contribution in [0.15, 0.2) is 34.4 Å². The zero-order valence-electron chi connectivity index (χ0n) is 11.7. The Morgan fingerprint density at radius 1 is 1.43 bits per heavy atom. The Morgan fingerprint density at radius 2 is 2.14 bits per heavy atom. The fourth-order valence-electron chi connectivity index (χ4n) is 1.59. The maximum atomic E-state index is 12.1. The lowest BCUT2D eigenvalue weighted by Gasteiger charge is -2.20. The second-order valence-corrected chi connectivity index (χ2v) is 4.10. The average molecular weight is 295 g/mol. The van der Waals surface area contributed by atoms with Crippen molar-refractivity contribution >= 4 is 11.9 Å². The van der Waals surface area contributed by atoms with E-state index in [-0.39, 0.29) is 26.2 Å². The molecule has 8 heteroatoms. The number of hydrogen-bond acceptors (Lipinski definition) is 5. The van der Waals surface area contributed by atoms with Crippen LogP contribution < -0.4 is 11.1 Å². The molecule has 0 aliphatic heterocycles. The van der Waals surface area contributed by atoms with Crippen molar-refractivity contribution in [2.75, 3.05) is 19.7 Å². The number of ether oxygens (including phenoxy) is 1. The molecule has 0 saturated heterocycles. The molecule has 0 bridgehead atoms. The molecule has 0 spiro atoms. The lowest BCUT2D eigenvalue weighted by Crippen LogP contribution is -2.41. The minimum absolute atomic E-state index is 0.128. The first-order valence-electron chi connectivity index (χ1n) is 6.32. The molecule has 0 unspecified atom stereocenters. The van der Waals surface area contributed by atoms with E-state index in [0.29, 0.717) is 0 Å². The van der Waals surface area contributed by atoms with Crippen LogP contribution in [-0.2, 0) is 20.9 Å². The fraction of sp³-hybridized carbons (Fsp3) is 0.385. The van der Waals surface area contributed by atoms with Gasteiger partial charge >= 0.3 is 5.97 Å². The van der Waals surface area contributed by atoms with Crippen molar-refractivity contribution in [3.8, 4) is 0 Å². The van der Waals surface area contributed by atoms with E-state index in [1.54, 1.807) is 6.92 Å². The van der Waals surface area contributed by atoms with Crippen molar-refractivity contribution in [1.82, 2.24) is 14.7 Å². The third-order valence-electron chi connectivity index (χ3n) is 2.51. The number of nitrogens with zero attached hydrogens (tertiary/aromatic N) is 2. The zero-order chi connectivity index (χ0) is 15.8. The maximum Gasteiger partial charge on any atom is 0.325 e. The number of aromatic nitrogens is 2. The molecule has 1 rings (SSSR count). The van der Waals surface area contributed by atoms with Crippen molar-refractivity contribution in [2.24, 2.45) is 0 Å². The number of aromatic amines is 1. The molecule has 1 aromatic rings. The molecule has 8 nitrogen and oxygen atoms in total. The quantitative estimate of drug-likeness (QED) is 0.519. The van der Waals surface area contributed by atoms with E-state index in [0.717, 1.165) is 16.8 Å². The summed E-state index contributed by atoms with van der Waals surface area (Å²) in [7, 11) is 0. The van der Waals surface area contributed by atoms with Gasteiger partial charge in [-0.05, 0) is 6.92 Å². The van der Waals surface area contributed by atoms with Crippen LogP contribution in [0.4, 0.5) is 0 Å². The third kappa shape index (κ3) is 5.09. The van der Waals surface area contributed by atoms with Gasteiger partial charge in [0.15, 0.2) is 0 Å². The molecule has 0 fully saturated rings. The molecule has 1 heterocycles. The Kier molecular flexibility index (Phi) is 6.12. The SMILES string of the molecule is C=CCN(CC(=O)OCC)C(=O)Cn1[nH]c(=O)ccc1=O. The van der Waals surface area contributed by atoms with E-state index in [9.17, 15) is 19.2 Å². The summed E-state index contributed by atoms with van der Waals surface area (Å²) in [6, 6.07) is 2.14. The van der Waals surface area contributed by atoms with Gasteiger partial charge in [-0.15, -0.1) is 6.58 Å². The number of esters is 1. The van der Waals surface area contributed by atoms with E-state index in [1.165, 1.54) is 11.0 Å². The second kappa shape index (κ2) is 7.83. The summed E-state index contributed by atoms with van der Waals surface area (Å²) in [6.45, 7) is 4.88. The van der Waals surface area contributed by atoms with Gasteiger partial charge in [0, 0.05) is 18.7 Å². The smallest absolute Gasteiger partial charge is 0.325 e. The van der Waals surface area contributed by atoms with E-state index in [1.807, 2.05) is 0 Å². The molecule has 1 amide bonds. The van der Waals surface area contributed by atoms with Crippen LogP contribution in [0.2, 0.25) is 0 Å². The van der Waals surface area contributed by atoms with E-state index in [4.69, 9.17) is 4.74 Å². The van der Waals surface area contributed by atoms with Crippen LogP contribution in [0.25, 0.3) is 0 Å². The van der Waals surface area contributed by atoms with Crippen LogP contribution >= 0.6 is 0 Å². The number of H-pyrrole nitrogens is 1. The van der Waals surface area contributed by atoms with E-state index >= 15 is 0 Å². The first-order valence-corrected chi connectivity index (χ1v) is 6.32. The molecular formula is C13H17N3O5. The molecule has 0 atom stereocenters. The van der Waals surface area contributed by atoms with Crippen LogP contribution in [0, 0.1) is 0 Å². The van der Waals surface area contributed by atoms with Crippen LogP contribution in [0.3, 0.4) is 0 Å². The highest BCUT2D eigenvalue weighted by molar-refractivity contribution is 5.82. The Balaban J connectivity index is 2.83. The number of amides is 1. The molecule has 0 saturated carbocycles. The van der Waals surface area contributed by atoms with Gasteiger partial charge in [0.05, 0.1) is 6.61 Å². The van der Waals surface area contributed by atoms with Crippen molar-refractivity contribution in [3.63, 3.8) is 0 Å². The lowest BCUT2D eigenvalue weighted by atomic mass is 10.4. The Bertz CT molecular complexity index is 631. The monoisotopic (exact) mass is 295 g/mol. The Labute approximate surface area is 120 Å². The summed E-state index contributed by atoms with van der Waals surface area (Å²) in [4.78, 5) is 47.4. The molecule has 0 aliphatic carbocycles. The number of rotatable bonds is 7. The van der Waals surface area contributed by atoms with Gasteiger partial charge in [-0.1, -0.05) is 6.08 Å².